The molecule has 2 aliphatic rings. The Kier molecular flexibility index (Phi) is 2.24. The van der Waals surface area contributed by atoms with Gasteiger partial charge in [-0.05, 0) is 55.1 Å². The summed E-state index contributed by atoms with van der Waals surface area (Å²) < 4.78 is 0. The van der Waals surface area contributed by atoms with E-state index in [9.17, 15) is 0 Å². The summed E-state index contributed by atoms with van der Waals surface area (Å²) in [6.45, 7) is 0. The van der Waals surface area contributed by atoms with Crippen LogP contribution in [-0.2, 0) is 6.42 Å². The number of fused-ring (bicyclic) bond motifs is 1. The van der Waals surface area contributed by atoms with Gasteiger partial charge < -0.3 is 5.73 Å². The zero-order chi connectivity index (χ0) is 10.3. The fourth-order valence-electron chi connectivity index (χ4n) is 3.07. The number of nitrogens with zero attached hydrogens (tertiary/aromatic N) is 1. The van der Waals surface area contributed by atoms with Crippen LogP contribution in [0.15, 0.2) is 24.5 Å². The highest BCUT2D eigenvalue weighted by molar-refractivity contribution is 5.11. The van der Waals surface area contributed by atoms with Gasteiger partial charge in [-0.25, -0.2) is 0 Å². The third kappa shape index (κ3) is 1.91. The van der Waals surface area contributed by atoms with Gasteiger partial charge in [-0.2, -0.15) is 0 Å². The van der Waals surface area contributed by atoms with Crippen LogP contribution in [0.1, 0.15) is 24.8 Å². The maximum atomic E-state index is 6.27. The van der Waals surface area contributed by atoms with Crippen LogP contribution in [0.5, 0.6) is 0 Å². The average Bonchev–Trinajstić information content (AvgIpc) is 2.87. The molecule has 2 fully saturated rings. The Hall–Kier alpha value is -0.890. The molecule has 3 unspecified atom stereocenters. The van der Waals surface area contributed by atoms with Gasteiger partial charge in [0.05, 0.1) is 0 Å². The van der Waals surface area contributed by atoms with Crippen LogP contribution in [0.4, 0.5) is 0 Å². The van der Waals surface area contributed by atoms with Crippen LogP contribution in [0.25, 0.3) is 0 Å². The smallest absolute Gasteiger partial charge is 0.0300 e. The summed E-state index contributed by atoms with van der Waals surface area (Å²) >= 11 is 0. The SMILES string of the molecule is NC(Cc1cccnc1)C1CC2CC2C1. The highest BCUT2D eigenvalue weighted by atomic mass is 14.7. The summed E-state index contributed by atoms with van der Waals surface area (Å²) in [6.07, 6.45) is 9.00. The van der Waals surface area contributed by atoms with Gasteiger partial charge >= 0.3 is 0 Å². The van der Waals surface area contributed by atoms with E-state index >= 15 is 0 Å². The summed E-state index contributed by atoms with van der Waals surface area (Å²) in [6, 6.07) is 4.47. The van der Waals surface area contributed by atoms with Crippen molar-refractivity contribution < 1.29 is 0 Å². The van der Waals surface area contributed by atoms with E-state index in [-0.39, 0.29) is 0 Å². The molecule has 2 N–H and O–H groups in total. The van der Waals surface area contributed by atoms with E-state index in [2.05, 4.69) is 11.1 Å². The first-order valence-corrected chi connectivity index (χ1v) is 5.97. The minimum Gasteiger partial charge on any atom is -0.327 e. The van der Waals surface area contributed by atoms with Gasteiger partial charge in [0.15, 0.2) is 0 Å². The van der Waals surface area contributed by atoms with E-state index < -0.39 is 0 Å². The summed E-state index contributed by atoms with van der Waals surface area (Å²) in [5, 5.41) is 0. The van der Waals surface area contributed by atoms with Crippen molar-refractivity contribution >= 4 is 0 Å². The van der Waals surface area contributed by atoms with Crippen molar-refractivity contribution in [3.63, 3.8) is 0 Å². The fraction of sp³-hybridized carbons (Fsp3) is 0.615. The zero-order valence-electron chi connectivity index (χ0n) is 8.97. The molecule has 1 aromatic heterocycles. The summed E-state index contributed by atoms with van der Waals surface area (Å²) in [7, 11) is 0. The lowest BCUT2D eigenvalue weighted by molar-refractivity contribution is 0.392. The first-order chi connectivity index (χ1) is 7.33. The lowest BCUT2D eigenvalue weighted by Gasteiger charge is -2.20. The molecular formula is C13H18N2. The Morgan fingerprint density at radius 1 is 1.33 bits per heavy atom. The molecule has 0 aromatic carbocycles. The molecule has 80 valence electrons. The summed E-state index contributed by atoms with van der Waals surface area (Å²) in [4.78, 5) is 4.13. The topological polar surface area (TPSA) is 38.9 Å². The molecule has 0 saturated heterocycles. The van der Waals surface area contributed by atoms with Crippen LogP contribution in [0.2, 0.25) is 0 Å². The van der Waals surface area contributed by atoms with Crippen molar-refractivity contribution in [3.05, 3.63) is 30.1 Å². The molecule has 0 spiro atoms. The summed E-state index contributed by atoms with van der Waals surface area (Å²) in [5.41, 5.74) is 7.55. The third-order valence-corrected chi connectivity index (χ3v) is 4.08. The van der Waals surface area contributed by atoms with E-state index in [0.717, 1.165) is 24.2 Å². The molecule has 2 nitrogen and oxygen atoms in total. The fourth-order valence-corrected chi connectivity index (χ4v) is 3.07. The molecule has 0 radical (unpaired) electrons. The van der Waals surface area contributed by atoms with Crippen LogP contribution in [0, 0.1) is 17.8 Å². The lowest BCUT2D eigenvalue weighted by atomic mass is 9.91. The van der Waals surface area contributed by atoms with Crippen molar-refractivity contribution in [1.29, 1.82) is 0 Å². The molecule has 15 heavy (non-hydrogen) atoms. The number of nitrogens with two attached hydrogens (primary N) is 1. The largest absolute Gasteiger partial charge is 0.327 e. The number of hydrogen-bond acceptors (Lipinski definition) is 2. The molecular weight excluding hydrogens is 184 g/mol. The van der Waals surface area contributed by atoms with Gasteiger partial charge in [0, 0.05) is 18.4 Å². The zero-order valence-corrected chi connectivity index (χ0v) is 8.97. The first kappa shape index (κ1) is 9.34. The van der Waals surface area contributed by atoms with Crippen LogP contribution in [0.3, 0.4) is 0 Å². The van der Waals surface area contributed by atoms with Crippen LogP contribution < -0.4 is 5.73 Å². The molecule has 2 aliphatic carbocycles. The average molecular weight is 202 g/mol. The highest BCUT2D eigenvalue weighted by Gasteiger charge is 2.47. The maximum absolute atomic E-state index is 6.27. The lowest BCUT2D eigenvalue weighted by Crippen LogP contribution is -2.31. The Labute approximate surface area is 90.9 Å². The molecule has 1 heterocycles. The normalized spacial score (nSPS) is 34.9. The Morgan fingerprint density at radius 2 is 2.13 bits per heavy atom. The minimum absolute atomic E-state index is 0.349. The molecule has 3 atom stereocenters. The predicted molar refractivity (Wildman–Crippen MR) is 60.2 cm³/mol. The van der Waals surface area contributed by atoms with E-state index in [1.165, 1.54) is 24.8 Å². The van der Waals surface area contributed by atoms with Crippen molar-refractivity contribution in [2.24, 2.45) is 23.5 Å². The molecule has 3 rings (SSSR count). The second kappa shape index (κ2) is 3.60. The molecule has 1 aromatic rings. The number of aromatic nitrogens is 1. The van der Waals surface area contributed by atoms with E-state index in [0.29, 0.717) is 6.04 Å². The Bertz CT molecular complexity index is 326. The Balaban J connectivity index is 1.59. The molecule has 2 heteroatoms. The Morgan fingerprint density at radius 3 is 2.80 bits per heavy atom. The van der Waals surface area contributed by atoms with Gasteiger partial charge in [-0.15, -0.1) is 0 Å². The standard InChI is InChI=1S/C13H18N2/c14-13(4-9-2-1-3-15-8-9)12-6-10-5-11(10)7-12/h1-3,8,10-13H,4-7,14H2. The first-order valence-electron chi connectivity index (χ1n) is 5.97. The second-order valence-electron chi connectivity index (χ2n) is 5.22. The van der Waals surface area contributed by atoms with E-state index in [4.69, 9.17) is 5.73 Å². The monoisotopic (exact) mass is 202 g/mol. The molecule has 0 aliphatic heterocycles. The van der Waals surface area contributed by atoms with Gasteiger partial charge in [0.1, 0.15) is 0 Å². The van der Waals surface area contributed by atoms with Crippen LogP contribution >= 0.6 is 0 Å². The highest BCUT2D eigenvalue weighted by Crippen LogP contribution is 2.55. The minimum atomic E-state index is 0.349. The van der Waals surface area contributed by atoms with Gasteiger partial charge in [-0.1, -0.05) is 6.07 Å². The van der Waals surface area contributed by atoms with Gasteiger partial charge in [0.25, 0.3) is 0 Å². The van der Waals surface area contributed by atoms with Crippen molar-refractivity contribution in [1.82, 2.24) is 4.98 Å². The molecule has 2 saturated carbocycles. The molecule has 0 bridgehead atoms. The predicted octanol–water partition coefficient (Wildman–Crippen LogP) is 2.00. The second-order valence-corrected chi connectivity index (χ2v) is 5.22. The van der Waals surface area contributed by atoms with Gasteiger partial charge in [-0.3, -0.25) is 4.98 Å². The molecule has 0 amide bonds. The van der Waals surface area contributed by atoms with E-state index in [1.807, 2.05) is 18.5 Å². The third-order valence-electron chi connectivity index (χ3n) is 4.08. The van der Waals surface area contributed by atoms with E-state index in [1.54, 1.807) is 0 Å². The number of pyridine rings is 1. The maximum Gasteiger partial charge on any atom is 0.0300 e. The van der Waals surface area contributed by atoms with Crippen molar-refractivity contribution in [2.75, 3.05) is 0 Å². The van der Waals surface area contributed by atoms with Crippen molar-refractivity contribution in [2.45, 2.75) is 31.7 Å². The van der Waals surface area contributed by atoms with Crippen LogP contribution in [-0.4, -0.2) is 11.0 Å². The summed E-state index contributed by atoms with van der Waals surface area (Å²) in [5.74, 6) is 2.85. The number of hydrogen-bond donors (Lipinski definition) is 1. The van der Waals surface area contributed by atoms with Gasteiger partial charge in [0.2, 0.25) is 0 Å². The quantitative estimate of drug-likeness (QED) is 0.814. The van der Waals surface area contributed by atoms with Crippen molar-refractivity contribution in [3.8, 4) is 0 Å². The number of rotatable bonds is 3.